The molecule has 0 saturated carbocycles. The normalized spacial score (nSPS) is 23.4. The van der Waals surface area contributed by atoms with Crippen LogP contribution in [0.1, 0.15) is 32.3 Å². The molecular formula is C18H24N4O2S. The monoisotopic (exact) mass is 360 g/mol. The van der Waals surface area contributed by atoms with Gasteiger partial charge < -0.3 is 10.1 Å². The highest BCUT2D eigenvalue weighted by atomic mass is 32.1. The van der Waals surface area contributed by atoms with Crippen LogP contribution in [0.5, 0.6) is 0 Å². The summed E-state index contributed by atoms with van der Waals surface area (Å²) in [5, 5.41) is 10.2. The maximum absolute atomic E-state index is 12.5. The Labute approximate surface area is 152 Å². The van der Waals surface area contributed by atoms with E-state index in [0.29, 0.717) is 10.6 Å². The molecule has 2 heterocycles. The number of hydrogen-bond donors (Lipinski definition) is 2. The van der Waals surface area contributed by atoms with Crippen LogP contribution in [0, 0.1) is 11.7 Å². The second kappa shape index (κ2) is 7.49. The van der Waals surface area contributed by atoms with Crippen LogP contribution >= 0.6 is 12.2 Å². The van der Waals surface area contributed by atoms with E-state index in [4.69, 9.17) is 17.0 Å². The van der Waals surface area contributed by atoms with Crippen LogP contribution in [0.4, 0.5) is 0 Å². The third-order valence-corrected chi connectivity index (χ3v) is 4.74. The van der Waals surface area contributed by atoms with Crippen LogP contribution in [-0.2, 0) is 16.1 Å². The van der Waals surface area contributed by atoms with Gasteiger partial charge in [0.2, 0.25) is 5.91 Å². The molecule has 0 spiro atoms. The number of carbonyl (C=O) groups excluding carboxylic acids is 1. The van der Waals surface area contributed by atoms with Gasteiger partial charge in [-0.1, -0.05) is 29.8 Å². The molecule has 0 aliphatic carbocycles. The molecule has 2 atom stereocenters. The van der Waals surface area contributed by atoms with Crippen molar-refractivity contribution in [2.45, 2.75) is 58.4 Å². The SMILES string of the molecule is Cc1ccc(-c2n[nH]c(=S)n2CC(=O)NC2C[C@@H](C)O[C@H](C)C2)cc1. The molecular weight excluding hydrogens is 336 g/mol. The van der Waals surface area contributed by atoms with E-state index in [1.165, 1.54) is 5.56 Å². The van der Waals surface area contributed by atoms with Gasteiger partial charge in [0, 0.05) is 11.6 Å². The van der Waals surface area contributed by atoms with Gasteiger partial charge in [-0.25, -0.2) is 0 Å². The zero-order valence-electron chi connectivity index (χ0n) is 14.8. The van der Waals surface area contributed by atoms with Crippen molar-refractivity contribution < 1.29 is 9.53 Å². The number of hydrogen-bond acceptors (Lipinski definition) is 4. The number of nitrogens with one attached hydrogen (secondary N) is 2. The van der Waals surface area contributed by atoms with Crippen LogP contribution in [0.2, 0.25) is 0 Å². The maximum Gasteiger partial charge on any atom is 0.240 e. The molecule has 1 aromatic carbocycles. The number of aryl methyl sites for hydroxylation is 1. The van der Waals surface area contributed by atoms with E-state index in [9.17, 15) is 4.79 Å². The highest BCUT2D eigenvalue weighted by Crippen LogP contribution is 2.20. The summed E-state index contributed by atoms with van der Waals surface area (Å²) in [6.45, 7) is 6.26. The van der Waals surface area contributed by atoms with Gasteiger partial charge in [-0.15, -0.1) is 0 Å². The fourth-order valence-electron chi connectivity index (χ4n) is 3.33. The fourth-order valence-corrected chi connectivity index (χ4v) is 3.52. The zero-order chi connectivity index (χ0) is 18.0. The first-order chi connectivity index (χ1) is 11.9. The van der Waals surface area contributed by atoms with Crippen molar-refractivity contribution in [1.82, 2.24) is 20.1 Å². The largest absolute Gasteiger partial charge is 0.375 e. The number of nitrogens with zero attached hydrogens (tertiary/aromatic N) is 2. The molecule has 1 fully saturated rings. The number of amides is 1. The number of carbonyl (C=O) groups is 1. The van der Waals surface area contributed by atoms with Crippen molar-refractivity contribution in [3.8, 4) is 11.4 Å². The Kier molecular flexibility index (Phi) is 5.34. The number of ether oxygens (including phenoxy) is 1. The van der Waals surface area contributed by atoms with E-state index in [1.807, 2.05) is 45.0 Å². The molecule has 6 nitrogen and oxygen atoms in total. The number of aromatic nitrogens is 3. The average molecular weight is 360 g/mol. The topological polar surface area (TPSA) is 71.9 Å². The number of rotatable bonds is 4. The smallest absolute Gasteiger partial charge is 0.240 e. The molecule has 7 heteroatoms. The van der Waals surface area contributed by atoms with Crippen molar-refractivity contribution in [2.75, 3.05) is 0 Å². The predicted octanol–water partition coefficient (Wildman–Crippen LogP) is 2.99. The minimum atomic E-state index is -0.0582. The molecule has 1 saturated heterocycles. The third-order valence-electron chi connectivity index (χ3n) is 4.43. The molecule has 25 heavy (non-hydrogen) atoms. The second-order valence-electron chi connectivity index (χ2n) is 6.80. The lowest BCUT2D eigenvalue weighted by molar-refractivity contribution is -0.124. The van der Waals surface area contributed by atoms with Crippen molar-refractivity contribution in [3.63, 3.8) is 0 Å². The Hall–Kier alpha value is -1.99. The molecule has 0 bridgehead atoms. The molecule has 1 amide bonds. The summed E-state index contributed by atoms with van der Waals surface area (Å²) in [6, 6.07) is 8.13. The highest BCUT2D eigenvalue weighted by Gasteiger charge is 2.25. The van der Waals surface area contributed by atoms with Crippen molar-refractivity contribution in [3.05, 3.63) is 34.6 Å². The molecule has 2 N–H and O–H groups in total. The van der Waals surface area contributed by atoms with Gasteiger partial charge >= 0.3 is 0 Å². The lowest BCUT2D eigenvalue weighted by Crippen LogP contribution is -2.44. The zero-order valence-corrected chi connectivity index (χ0v) is 15.6. The quantitative estimate of drug-likeness (QED) is 0.822. The number of benzene rings is 1. The van der Waals surface area contributed by atoms with E-state index in [0.717, 1.165) is 18.4 Å². The van der Waals surface area contributed by atoms with Crippen LogP contribution in [0.3, 0.4) is 0 Å². The van der Waals surface area contributed by atoms with Crippen molar-refractivity contribution >= 4 is 18.1 Å². The van der Waals surface area contributed by atoms with Crippen LogP contribution in [0.25, 0.3) is 11.4 Å². The summed E-state index contributed by atoms with van der Waals surface area (Å²) >= 11 is 5.30. The summed E-state index contributed by atoms with van der Waals surface area (Å²) in [4.78, 5) is 12.5. The lowest BCUT2D eigenvalue weighted by Gasteiger charge is -2.32. The molecule has 2 aromatic rings. The molecule has 134 valence electrons. The van der Waals surface area contributed by atoms with Crippen LogP contribution in [0.15, 0.2) is 24.3 Å². The van der Waals surface area contributed by atoms with Gasteiger partial charge in [0.25, 0.3) is 0 Å². The predicted molar refractivity (Wildman–Crippen MR) is 98.8 cm³/mol. The van der Waals surface area contributed by atoms with E-state index >= 15 is 0 Å². The van der Waals surface area contributed by atoms with Gasteiger partial charge in [-0.05, 0) is 45.8 Å². The van der Waals surface area contributed by atoms with E-state index in [-0.39, 0.29) is 30.7 Å². The Balaban J connectivity index is 1.72. The average Bonchev–Trinajstić information content (AvgIpc) is 2.88. The maximum atomic E-state index is 12.5. The summed E-state index contributed by atoms with van der Waals surface area (Å²) in [5.74, 6) is 0.617. The Morgan fingerprint density at radius 3 is 2.60 bits per heavy atom. The summed E-state index contributed by atoms with van der Waals surface area (Å²) in [7, 11) is 0. The minimum absolute atomic E-state index is 0.0582. The first-order valence-corrected chi connectivity index (χ1v) is 9.00. The van der Waals surface area contributed by atoms with Crippen LogP contribution < -0.4 is 5.32 Å². The van der Waals surface area contributed by atoms with E-state index < -0.39 is 0 Å². The lowest BCUT2D eigenvalue weighted by atomic mass is 10.00. The molecule has 0 radical (unpaired) electrons. The van der Waals surface area contributed by atoms with Gasteiger partial charge in [0.1, 0.15) is 6.54 Å². The van der Waals surface area contributed by atoms with Gasteiger partial charge in [0.05, 0.1) is 12.2 Å². The van der Waals surface area contributed by atoms with Gasteiger partial charge in [0.15, 0.2) is 10.6 Å². The summed E-state index contributed by atoms with van der Waals surface area (Å²) in [6.07, 6.45) is 1.98. The summed E-state index contributed by atoms with van der Waals surface area (Å²) in [5.41, 5.74) is 2.10. The first-order valence-electron chi connectivity index (χ1n) is 8.59. The molecule has 0 unspecified atom stereocenters. The molecule has 1 aliphatic heterocycles. The van der Waals surface area contributed by atoms with Gasteiger partial charge in [-0.3, -0.25) is 14.5 Å². The summed E-state index contributed by atoms with van der Waals surface area (Å²) < 4.78 is 7.90. The van der Waals surface area contributed by atoms with Gasteiger partial charge in [-0.2, -0.15) is 5.10 Å². The molecule has 1 aliphatic rings. The first kappa shape index (κ1) is 17.8. The highest BCUT2D eigenvalue weighted by molar-refractivity contribution is 7.71. The number of H-pyrrole nitrogens is 1. The van der Waals surface area contributed by atoms with Crippen molar-refractivity contribution in [1.29, 1.82) is 0 Å². The molecule has 1 aromatic heterocycles. The Morgan fingerprint density at radius 1 is 1.32 bits per heavy atom. The van der Waals surface area contributed by atoms with Crippen LogP contribution in [-0.4, -0.2) is 38.9 Å². The minimum Gasteiger partial charge on any atom is -0.375 e. The fraction of sp³-hybridized carbons (Fsp3) is 0.500. The number of aromatic amines is 1. The second-order valence-corrected chi connectivity index (χ2v) is 7.18. The van der Waals surface area contributed by atoms with E-state index in [2.05, 4.69) is 15.5 Å². The third kappa shape index (κ3) is 4.35. The standard InChI is InChI=1S/C18H24N4O2S/c1-11-4-6-14(7-5-11)17-20-21-18(25)22(17)10-16(23)19-15-8-12(2)24-13(3)9-15/h4-7,12-13,15H,8-10H2,1-3H3,(H,19,23)(H,21,25)/t12-,13-/m1/s1. The Bertz CT molecular complexity index is 786. The van der Waals surface area contributed by atoms with Crippen molar-refractivity contribution in [2.24, 2.45) is 0 Å². The molecule has 3 rings (SSSR count). The Morgan fingerprint density at radius 2 is 1.96 bits per heavy atom. The van der Waals surface area contributed by atoms with E-state index in [1.54, 1.807) is 4.57 Å².